The first-order valence-electron chi connectivity index (χ1n) is 4.90. The molecular formula is C11H20O3. The molecule has 0 aliphatic carbocycles. The lowest BCUT2D eigenvalue weighted by atomic mass is 10.1. The molecule has 82 valence electrons. The van der Waals surface area contributed by atoms with Gasteiger partial charge in [0, 0.05) is 12.2 Å². The smallest absolute Gasteiger partial charge is 0.333 e. The molecule has 0 fully saturated rings. The zero-order valence-corrected chi connectivity index (χ0v) is 9.50. The fraction of sp³-hybridized carbons (Fsp3) is 0.727. The van der Waals surface area contributed by atoms with Gasteiger partial charge in [-0.1, -0.05) is 13.8 Å². The minimum atomic E-state index is -0.294. The average Bonchev–Trinajstić information content (AvgIpc) is 2.15. The first-order chi connectivity index (χ1) is 6.57. The van der Waals surface area contributed by atoms with E-state index in [0.29, 0.717) is 18.1 Å². The summed E-state index contributed by atoms with van der Waals surface area (Å²) < 4.78 is 9.87. The van der Waals surface area contributed by atoms with E-state index in [0.717, 1.165) is 13.0 Å². The third-order valence-electron chi connectivity index (χ3n) is 1.85. The Bertz CT molecular complexity index is 195. The van der Waals surface area contributed by atoms with Crippen molar-refractivity contribution in [3.8, 4) is 0 Å². The molecule has 3 nitrogen and oxygen atoms in total. The van der Waals surface area contributed by atoms with Crippen LogP contribution in [-0.2, 0) is 14.3 Å². The molecule has 0 radical (unpaired) electrons. The highest BCUT2D eigenvalue weighted by Gasteiger charge is 2.01. The van der Waals surface area contributed by atoms with E-state index in [1.165, 1.54) is 7.11 Å². The standard InChI is InChI=1S/C11H20O3/c1-9(2)5-7-14-8-6-10(3)11(12)13-4/h6,9H,5,7-8H2,1-4H3. The van der Waals surface area contributed by atoms with Gasteiger partial charge in [-0.25, -0.2) is 4.79 Å². The maximum atomic E-state index is 10.9. The largest absolute Gasteiger partial charge is 0.466 e. The molecular weight excluding hydrogens is 180 g/mol. The van der Waals surface area contributed by atoms with Crippen LogP contribution >= 0.6 is 0 Å². The van der Waals surface area contributed by atoms with E-state index in [-0.39, 0.29) is 5.97 Å². The van der Waals surface area contributed by atoms with Gasteiger partial charge in [-0.2, -0.15) is 0 Å². The Labute approximate surface area is 86.1 Å². The molecule has 0 amide bonds. The highest BCUT2D eigenvalue weighted by atomic mass is 16.5. The van der Waals surface area contributed by atoms with E-state index in [1.807, 2.05) is 0 Å². The molecule has 0 rings (SSSR count). The van der Waals surface area contributed by atoms with Gasteiger partial charge in [0.15, 0.2) is 0 Å². The molecule has 0 atom stereocenters. The molecule has 0 aromatic heterocycles. The second-order valence-corrected chi connectivity index (χ2v) is 3.64. The lowest BCUT2D eigenvalue weighted by molar-refractivity contribution is -0.136. The predicted molar refractivity (Wildman–Crippen MR) is 56.0 cm³/mol. The molecule has 0 aromatic rings. The summed E-state index contributed by atoms with van der Waals surface area (Å²) in [6.07, 6.45) is 2.79. The van der Waals surface area contributed by atoms with Crippen LogP contribution in [-0.4, -0.2) is 26.3 Å². The Morgan fingerprint density at radius 2 is 2.07 bits per heavy atom. The van der Waals surface area contributed by atoms with E-state index in [9.17, 15) is 4.79 Å². The van der Waals surface area contributed by atoms with Crippen molar-refractivity contribution in [1.82, 2.24) is 0 Å². The lowest BCUT2D eigenvalue weighted by Gasteiger charge is -2.04. The molecule has 0 aliphatic heterocycles. The molecule has 0 aliphatic rings. The molecule has 0 aromatic carbocycles. The van der Waals surface area contributed by atoms with E-state index < -0.39 is 0 Å². The Hall–Kier alpha value is -0.830. The van der Waals surface area contributed by atoms with Gasteiger partial charge in [-0.05, 0) is 25.3 Å². The topological polar surface area (TPSA) is 35.5 Å². The Morgan fingerprint density at radius 3 is 2.57 bits per heavy atom. The van der Waals surface area contributed by atoms with Gasteiger partial charge in [0.05, 0.1) is 13.7 Å². The second kappa shape index (κ2) is 7.56. The molecule has 0 saturated heterocycles. The highest BCUT2D eigenvalue weighted by Crippen LogP contribution is 2.00. The van der Waals surface area contributed by atoms with Crippen molar-refractivity contribution in [3.05, 3.63) is 11.6 Å². The van der Waals surface area contributed by atoms with Crippen molar-refractivity contribution in [3.63, 3.8) is 0 Å². The van der Waals surface area contributed by atoms with E-state index in [2.05, 4.69) is 18.6 Å². The van der Waals surface area contributed by atoms with E-state index in [1.54, 1.807) is 13.0 Å². The van der Waals surface area contributed by atoms with Crippen LogP contribution in [0.2, 0.25) is 0 Å². The highest BCUT2D eigenvalue weighted by molar-refractivity contribution is 5.87. The zero-order valence-electron chi connectivity index (χ0n) is 9.50. The lowest BCUT2D eigenvalue weighted by Crippen LogP contribution is -2.04. The second-order valence-electron chi connectivity index (χ2n) is 3.64. The summed E-state index contributed by atoms with van der Waals surface area (Å²) in [5.74, 6) is 0.359. The number of hydrogen-bond acceptors (Lipinski definition) is 3. The first-order valence-corrected chi connectivity index (χ1v) is 4.90. The number of methoxy groups -OCH3 is 1. The number of carbonyl (C=O) groups is 1. The van der Waals surface area contributed by atoms with Crippen LogP contribution in [0, 0.1) is 5.92 Å². The van der Waals surface area contributed by atoms with Crippen molar-refractivity contribution in [2.75, 3.05) is 20.3 Å². The van der Waals surface area contributed by atoms with Crippen molar-refractivity contribution in [2.24, 2.45) is 5.92 Å². The Morgan fingerprint density at radius 1 is 1.43 bits per heavy atom. The SMILES string of the molecule is COC(=O)C(C)=CCOCCC(C)C. The van der Waals surface area contributed by atoms with Gasteiger partial charge < -0.3 is 9.47 Å². The van der Waals surface area contributed by atoms with Gasteiger partial charge in [0.25, 0.3) is 0 Å². The van der Waals surface area contributed by atoms with Crippen molar-refractivity contribution < 1.29 is 14.3 Å². The van der Waals surface area contributed by atoms with Crippen LogP contribution in [0.15, 0.2) is 11.6 Å². The molecule has 0 heterocycles. The molecule has 0 bridgehead atoms. The first kappa shape index (κ1) is 13.2. The number of rotatable bonds is 6. The quantitative estimate of drug-likeness (QED) is 0.374. The monoisotopic (exact) mass is 200 g/mol. The van der Waals surface area contributed by atoms with Gasteiger partial charge >= 0.3 is 5.97 Å². The van der Waals surface area contributed by atoms with E-state index >= 15 is 0 Å². The minimum Gasteiger partial charge on any atom is -0.466 e. The van der Waals surface area contributed by atoms with Gasteiger partial charge in [-0.3, -0.25) is 0 Å². The van der Waals surface area contributed by atoms with Gasteiger partial charge in [-0.15, -0.1) is 0 Å². The van der Waals surface area contributed by atoms with Crippen molar-refractivity contribution in [2.45, 2.75) is 27.2 Å². The minimum absolute atomic E-state index is 0.294. The summed E-state index contributed by atoms with van der Waals surface area (Å²) in [5, 5.41) is 0. The zero-order chi connectivity index (χ0) is 11.0. The van der Waals surface area contributed by atoms with Crippen LogP contribution in [0.25, 0.3) is 0 Å². The van der Waals surface area contributed by atoms with Crippen LogP contribution in [0.3, 0.4) is 0 Å². The van der Waals surface area contributed by atoms with Crippen molar-refractivity contribution >= 4 is 5.97 Å². The molecule has 0 saturated carbocycles. The molecule has 0 spiro atoms. The Balaban J connectivity index is 3.56. The molecule has 14 heavy (non-hydrogen) atoms. The summed E-state index contributed by atoms with van der Waals surface area (Å²) in [6.45, 7) is 7.24. The fourth-order valence-electron chi connectivity index (χ4n) is 0.831. The third kappa shape index (κ3) is 6.66. The number of ether oxygens (including phenoxy) is 2. The number of hydrogen-bond donors (Lipinski definition) is 0. The number of carbonyl (C=O) groups excluding carboxylic acids is 1. The summed E-state index contributed by atoms with van der Waals surface area (Å²) >= 11 is 0. The predicted octanol–water partition coefficient (Wildman–Crippen LogP) is 2.17. The normalized spacial score (nSPS) is 11.9. The van der Waals surface area contributed by atoms with Crippen LogP contribution < -0.4 is 0 Å². The van der Waals surface area contributed by atoms with Crippen molar-refractivity contribution in [1.29, 1.82) is 0 Å². The summed E-state index contributed by atoms with van der Waals surface area (Å²) in [4.78, 5) is 10.9. The van der Waals surface area contributed by atoms with Gasteiger partial charge in [0.1, 0.15) is 0 Å². The number of esters is 1. The fourth-order valence-corrected chi connectivity index (χ4v) is 0.831. The summed E-state index contributed by atoms with van der Waals surface area (Å²) in [5.41, 5.74) is 0.594. The molecule has 3 heteroatoms. The molecule has 0 unspecified atom stereocenters. The van der Waals surface area contributed by atoms with E-state index in [4.69, 9.17) is 4.74 Å². The Kier molecular flexibility index (Phi) is 7.11. The maximum Gasteiger partial charge on any atom is 0.333 e. The third-order valence-corrected chi connectivity index (χ3v) is 1.85. The van der Waals surface area contributed by atoms with Crippen LogP contribution in [0.5, 0.6) is 0 Å². The van der Waals surface area contributed by atoms with Crippen LogP contribution in [0.4, 0.5) is 0 Å². The molecule has 0 N–H and O–H groups in total. The van der Waals surface area contributed by atoms with Crippen LogP contribution in [0.1, 0.15) is 27.2 Å². The summed E-state index contributed by atoms with van der Waals surface area (Å²) in [7, 11) is 1.37. The average molecular weight is 200 g/mol. The summed E-state index contributed by atoms with van der Waals surface area (Å²) in [6, 6.07) is 0. The maximum absolute atomic E-state index is 10.9. The van der Waals surface area contributed by atoms with Gasteiger partial charge in [0.2, 0.25) is 0 Å².